The highest BCUT2D eigenvalue weighted by Crippen LogP contribution is 2.05. The van der Waals surface area contributed by atoms with Crippen LogP contribution in [0.25, 0.3) is 0 Å². The minimum absolute atomic E-state index is 0.0677. The van der Waals surface area contributed by atoms with E-state index < -0.39 is 5.60 Å². The summed E-state index contributed by atoms with van der Waals surface area (Å²) in [5, 5.41) is 14.9. The number of amides is 1. The Morgan fingerprint density at radius 1 is 1.58 bits per heavy atom. The first-order valence-corrected chi connectivity index (χ1v) is 4.15. The lowest BCUT2D eigenvalue weighted by Crippen LogP contribution is -2.41. The van der Waals surface area contributed by atoms with Crippen LogP contribution >= 0.6 is 0 Å². The number of likely N-dealkylation sites (N-methyl/N-ethyl adjacent to an activating group) is 1. The van der Waals surface area contributed by atoms with Gasteiger partial charge in [0.05, 0.1) is 12.1 Å². The summed E-state index contributed by atoms with van der Waals surface area (Å²) < 4.78 is 0. The average molecular weight is 174 g/mol. The number of carbonyl (C=O) groups is 1. The van der Waals surface area contributed by atoms with Crippen molar-refractivity contribution in [2.75, 3.05) is 20.1 Å². The van der Waals surface area contributed by atoms with Gasteiger partial charge >= 0.3 is 0 Å². The zero-order chi connectivity index (χ0) is 9.61. The lowest BCUT2D eigenvalue weighted by atomic mass is 10.0. The molecule has 4 heteroatoms. The van der Waals surface area contributed by atoms with Gasteiger partial charge in [-0.05, 0) is 13.3 Å². The molecule has 0 heterocycles. The van der Waals surface area contributed by atoms with Crippen LogP contribution in [0.4, 0.5) is 0 Å². The van der Waals surface area contributed by atoms with Crippen LogP contribution in [0, 0.1) is 0 Å². The zero-order valence-electron chi connectivity index (χ0n) is 7.98. The minimum Gasteiger partial charge on any atom is -0.389 e. The second-order valence-electron chi connectivity index (χ2n) is 3.13. The fourth-order valence-corrected chi connectivity index (χ4v) is 0.659. The number of carbonyl (C=O) groups excluding carboxylic acids is 1. The zero-order valence-corrected chi connectivity index (χ0v) is 7.98. The van der Waals surface area contributed by atoms with E-state index in [1.807, 2.05) is 6.92 Å². The van der Waals surface area contributed by atoms with Gasteiger partial charge in [0.1, 0.15) is 0 Å². The van der Waals surface area contributed by atoms with Crippen molar-refractivity contribution in [1.29, 1.82) is 0 Å². The van der Waals surface area contributed by atoms with Crippen molar-refractivity contribution >= 4 is 5.91 Å². The molecule has 0 aliphatic carbocycles. The number of rotatable bonds is 5. The van der Waals surface area contributed by atoms with Gasteiger partial charge in [-0.3, -0.25) is 4.79 Å². The van der Waals surface area contributed by atoms with Crippen LogP contribution in [0.1, 0.15) is 20.3 Å². The number of aliphatic hydroxyl groups is 1. The van der Waals surface area contributed by atoms with Crippen molar-refractivity contribution < 1.29 is 9.90 Å². The first-order valence-electron chi connectivity index (χ1n) is 4.15. The summed E-state index contributed by atoms with van der Waals surface area (Å²) in [6.45, 7) is 4.34. The second-order valence-corrected chi connectivity index (χ2v) is 3.13. The van der Waals surface area contributed by atoms with Gasteiger partial charge in [0.25, 0.3) is 0 Å². The van der Waals surface area contributed by atoms with Crippen LogP contribution in [-0.2, 0) is 4.79 Å². The summed E-state index contributed by atoms with van der Waals surface area (Å²) in [6.07, 6.45) is 0.674. The summed E-state index contributed by atoms with van der Waals surface area (Å²) in [7, 11) is 1.59. The first kappa shape index (κ1) is 11.4. The van der Waals surface area contributed by atoms with Crippen LogP contribution in [-0.4, -0.2) is 36.8 Å². The van der Waals surface area contributed by atoms with E-state index in [0.29, 0.717) is 13.0 Å². The Bertz CT molecular complexity index is 146. The molecule has 0 aromatic rings. The van der Waals surface area contributed by atoms with Crippen LogP contribution in [0.15, 0.2) is 0 Å². The topological polar surface area (TPSA) is 61.4 Å². The molecule has 0 aromatic heterocycles. The van der Waals surface area contributed by atoms with Gasteiger partial charge in [-0.25, -0.2) is 0 Å². The van der Waals surface area contributed by atoms with Crippen molar-refractivity contribution in [3.8, 4) is 0 Å². The van der Waals surface area contributed by atoms with Crippen LogP contribution < -0.4 is 10.6 Å². The van der Waals surface area contributed by atoms with Gasteiger partial charge in [0.15, 0.2) is 0 Å². The van der Waals surface area contributed by atoms with E-state index in [1.165, 1.54) is 0 Å². The van der Waals surface area contributed by atoms with Gasteiger partial charge in [-0.2, -0.15) is 0 Å². The molecule has 0 aliphatic rings. The van der Waals surface area contributed by atoms with Gasteiger partial charge in [0, 0.05) is 13.6 Å². The van der Waals surface area contributed by atoms with Crippen LogP contribution in [0.2, 0.25) is 0 Å². The third-order valence-electron chi connectivity index (χ3n) is 1.83. The average Bonchev–Trinajstić information content (AvgIpc) is 2.04. The summed E-state index contributed by atoms with van der Waals surface area (Å²) in [5.74, 6) is -0.0677. The molecule has 0 saturated heterocycles. The van der Waals surface area contributed by atoms with E-state index in [4.69, 9.17) is 0 Å². The third-order valence-corrected chi connectivity index (χ3v) is 1.83. The van der Waals surface area contributed by atoms with Crippen LogP contribution in [0.3, 0.4) is 0 Å². The smallest absolute Gasteiger partial charge is 0.233 e. The molecule has 3 N–H and O–H groups in total. The van der Waals surface area contributed by atoms with Crippen LogP contribution in [0.5, 0.6) is 0 Å². The third kappa shape index (κ3) is 5.09. The molecule has 0 bridgehead atoms. The molecule has 0 fully saturated rings. The minimum atomic E-state index is -0.714. The van der Waals surface area contributed by atoms with E-state index in [2.05, 4.69) is 10.6 Å². The van der Waals surface area contributed by atoms with Crippen molar-refractivity contribution in [2.24, 2.45) is 0 Å². The highest BCUT2D eigenvalue weighted by atomic mass is 16.3. The standard InChI is InChI=1S/C8H18N2O2/c1-4-8(2,12)6-10-5-7(11)9-3/h10,12H,4-6H2,1-3H3,(H,9,11). The molecule has 0 spiro atoms. The van der Waals surface area contributed by atoms with E-state index in [9.17, 15) is 9.90 Å². The molecular weight excluding hydrogens is 156 g/mol. The molecule has 1 atom stereocenters. The molecule has 0 aliphatic heterocycles. The Kier molecular flexibility index (Phi) is 4.85. The Labute approximate surface area is 73.3 Å². The summed E-state index contributed by atoms with van der Waals surface area (Å²) in [5.41, 5.74) is -0.714. The lowest BCUT2D eigenvalue weighted by Gasteiger charge is -2.21. The number of nitrogens with one attached hydrogen (secondary N) is 2. The van der Waals surface area contributed by atoms with Crippen molar-refractivity contribution in [1.82, 2.24) is 10.6 Å². The highest BCUT2D eigenvalue weighted by molar-refractivity contribution is 5.77. The van der Waals surface area contributed by atoms with E-state index >= 15 is 0 Å². The maximum absolute atomic E-state index is 10.7. The summed E-state index contributed by atoms with van der Waals surface area (Å²) >= 11 is 0. The maximum Gasteiger partial charge on any atom is 0.233 e. The molecule has 1 unspecified atom stereocenters. The molecule has 0 saturated carbocycles. The quantitative estimate of drug-likeness (QED) is 0.526. The first-order chi connectivity index (χ1) is 5.52. The molecule has 1 amide bonds. The molecule has 72 valence electrons. The Morgan fingerprint density at radius 3 is 2.58 bits per heavy atom. The lowest BCUT2D eigenvalue weighted by molar-refractivity contribution is -0.119. The van der Waals surface area contributed by atoms with Crippen molar-refractivity contribution in [2.45, 2.75) is 25.9 Å². The normalized spacial score (nSPS) is 15.3. The molecule has 0 radical (unpaired) electrons. The Balaban J connectivity index is 3.49. The predicted octanol–water partition coefficient (Wildman–Crippen LogP) is -0.517. The summed E-state index contributed by atoms with van der Waals surface area (Å²) in [6, 6.07) is 0. The fraction of sp³-hybridized carbons (Fsp3) is 0.875. The molecule has 0 rings (SSSR count). The SMILES string of the molecule is CCC(C)(O)CNCC(=O)NC. The Morgan fingerprint density at radius 2 is 2.17 bits per heavy atom. The second kappa shape index (κ2) is 5.11. The van der Waals surface area contributed by atoms with E-state index in [0.717, 1.165) is 0 Å². The Hall–Kier alpha value is -0.610. The summed E-state index contributed by atoms with van der Waals surface area (Å²) in [4.78, 5) is 10.7. The fourth-order valence-electron chi connectivity index (χ4n) is 0.659. The monoisotopic (exact) mass is 174 g/mol. The van der Waals surface area contributed by atoms with Crippen molar-refractivity contribution in [3.05, 3.63) is 0 Å². The highest BCUT2D eigenvalue weighted by Gasteiger charge is 2.16. The molecular formula is C8H18N2O2. The molecule has 12 heavy (non-hydrogen) atoms. The van der Waals surface area contributed by atoms with E-state index in [1.54, 1.807) is 14.0 Å². The predicted molar refractivity (Wildman–Crippen MR) is 47.9 cm³/mol. The number of hydrogen-bond donors (Lipinski definition) is 3. The molecule has 4 nitrogen and oxygen atoms in total. The van der Waals surface area contributed by atoms with Gasteiger partial charge in [-0.15, -0.1) is 0 Å². The van der Waals surface area contributed by atoms with Gasteiger partial charge in [-0.1, -0.05) is 6.92 Å². The molecule has 0 aromatic carbocycles. The largest absolute Gasteiger partial charge is 0.389 e. The van der Waals surface area contributed by atoms with Crippen molar-refractivity contribution in [3.63, 3.8) is 0 Å². The van der Waals surface area contributed by atoms with E-state index in [-0.39, 0.29) is 12.5 Å². The number of hydrogen-bond acceptors (Lipinski definition) is 3. The van der Waals surface area contributed by atoms with Gasteiger partial charge < -0.3 is 15.7 Å². The maximum atomic E-state index is 10.7. The van der Waals surface area contributed by atoms with Gasteiger partial charge in [0.2, 0.25) is 5.91 Å².